The molecule has 2 unspecified atom stereocenters. The van der Waals surface area contributed by atoms with Crippen LogP contribution in [0.2, 0.25) is 0 Å². The lowest BCUT2D eigenvalue weighted by atomic mass is 9.70. The summed E-state index contributed by atoms with van der Waals surface area (Å²) < 4.78 is 22.7. The van der Waals surface area contributed by atoms with Crippen LogP contribution in [0, 0.1) is 17.8 Å². The molecule has 1 aliphatic carbocycles. The van der Waals surface area contributed by atoms with Crippen LogP contribution in [0.1, 0.15) is 25.7 Å². The maximum Gasteiger partial charge on any atom is 0.150 e. The van der Waals surface area contributed by atoms with Crippen LogP contribution < -0.4 is 5.73 Å². The first-order valence-corrected chi connectivity index (χ1v) is 7.35. The highest BCUT2D eigenvalue weighted by atomic mass is 32.2. The summed E-state index contributed by atoms with van der Waals surface area (Å²) in [6, 6.07) is 0. The Morgan fingerprint density at radius 3 is 2.29 bits per heavy atom. The van der Waals surface area contributed by atoms with Gasteiger partial charge in [0.2, 0.25) is 0 Å². The molecule has 0 amide bonds. The molecule has 2 aliphatic rings. The lowest BCUT2D eigenvalue weighted by Crippen LogP contribution is -2.34. The summed E-state index contributed by atoms with van der Waals surface area (Å²) in [5, 5.41) is 0. The molecule has 4 heteroatoms. The standard InChI is InChI=1S/C10H19NO2S/c11-6-10(8-2-1-3-8)9-4-5-14(12,13)7-9/h8-10H,1-7,11H2. The number of nitrogens with two attached hydrogens (primary N) is 1. The van der Waals surface area contributed by atoms with Crippen LogP contribution >= 0.6 is 0 Å². The molecule has 82 valence electrons. The first kappa shape index (κ1) is 10.4. The van der Waals surface area contributed by atoms with Gasteiger partial charge in [0.1, 0.15) is 0 Å². The summed E-state index contributed by atoms with van der Waals surface area (Å²) in [6.45, 7) is 0.671. The van der Waals surface area contributed by atoms with Crippen LogP contribution in [-0.2, 0) is 9.84 Å². The average Bonchev–Trinajstić information content (AvgIpc) is 2.37. The molecule has 1 saturated heterocycles. The quantitative estimate of drug-likeness (QED) is 0.760. The second-order valence-electron chi connectivity index (χ2n) is 4.75. The normalized spacial score (nSPS) is 33.9. The van der Waals surface area contributed by atoms with Crippen molar-refractivity contribution < 1.29 is 8.42 Å². The van der Waals surface area contributed by atoms with Crippen molar-refractivity contribution in [1.82, 2.24) is 0 Å². The molecule has 14 heavy (non-hydrogen) atoms. The molecule has 3 nitrogen and oxygen atoms in total. The fourth-order valence-electron chi connectivity index (χ4n) is 2.80. The second-order valence-corrected chi connectivity index (χ2v) is 6.98. The molecule has 0 aromatic rings. The molecule has 2 rings (SSSR count). The second kappa shape index (κ2) is 3.81. The Kier molecular flexibility index (Phi) is 2.84. The molecule has 1 heterocycles. The Balaban J connectivity index is 1.99. The molecular formula is C10H19NO2S. The van der Waals surface area contributed by atoms with E-state index in [-0.39, 0.29) is 0 Å². The van der Waals surface area contributed by atoms with Crippen molar-refractivity contribution in [1.29, 1.82) is 0 Å². The topological polar surface area (TPSA) is 60.2 Å². The third kappa shape index (κ3) is 1.96. The fourth-order valence-corrected chi connectivity index (χ4v) is 4.69. The zero-order valence-corrected chi connectivity index (χ0v) is 9.30. The summed E-state index contributed by atoms with van der Waals surface area (Å²) in [5.41, 5.74) is 5.76. The molecule has 2 N–H and O–H groups in total. The number of rotatable bonds is 3. The largest absolute Gasteiger partial charge is 0.330 e. The van der Waals surface area contributed by atoms with Gasteiger partial charge in [-0.2, -0.15) is 0 Å². The monoisotopic (exact) mass is 217 g/mol. The Morgan fingerprint density at radius 1 is 1.21 bits per heavy atom. The smallest absolute Gasteiger partial charge is 0.150 e. The van der Waals surface area contributed by atoms with Gasteiger partial charge in [0.15, 0.2) is 9.84 Å². The maximum absolute atomic E-state index is 11.3. The van der Waals surface area contributed by atoms with E-state index in [1.165, 1.54) is 19.3 Å². The van der Waals surface area contributed by atoms with Gasteiger partial charge < -0.3 is 5.73 Å². The Bertz CT molecular complexity index is 295. The highest BCUT2D eigenvalue weighted by Gasteiger charge is 2.38. The molecule has 1 aliphatic heterocycles. The van der Waals surface area contributed by atoms with E-state index in [1.807, 2.05) is 0 Å². The molecule has 0 spiro atoms. The van der Waals surface area contributed by atoms with Crippen molar-refractivity contribution in [3.63, 3.8) is 0 Å². The molecule has 2 atom stereocenters. The van der Waals surface area contributed by atoms with E-state index in [0.717, 1.165) is 12.3 Å². The van der Waals surface area contributed by atoms with E-state index in [0.29, 0.717) is 29.9 Å². The predicted molar refractivity (Wildman–Crippen MR) is 56.6 cm³/mol. The molecule has 0 aromatic heterocycles. The van der Waals surface area contributed by atoms with Gasteiger partial charge >= 0.3 is 0 Å². The van der Waals surface area contributed by atoms with Crippen molar-refractivity contribution in [3.8, 4) is 0 Å². The van der Waals surface area contributed by atoms with Gasteiger partial charge in [0.25, 0.3) is 0 Å². The average molecular weight is 217 g/mol. The van der Waals surface area contributed by atoms with E-state index in [9.17, 15) is 8.42 Å². The lowest BCUT2D eigenvalue weighted by molar-refractivity contribution is 0.160. The summed E-state index contributed by atoms with van der Waals surface area (Å²) in [5.74, 6) is 2.33. The highest BCUT2D eigenvalue weighted by Crippen LogP contribution is 2.40. The lowest BCUT2D eigenvalue weighted by Gasteiger charge is -2.36. The van der Waals surface area contributed by atoms with Crippen LogP contribution in [0.4, 0.5) is 0 Å². The van der Waals surface area contributed by atoms with E-state index < -0.39 is 9.84 Å². The molecule has 0 aromatic carbocycles. The van der Waals surface area contributed by atoms with Crippen molar-refractivity contribution in [2.45, 2.75) is 25.7 Å². The third-order valence-corrected chi connectivity index (χ3v) is 5.69. The van der Waals surface area contributed by atoms with Crippen molar-refractivity contribution in [3.05, 3.63) is 0 Å². The van der Waals surface area contributed by atoms with Crippen LogP contribution in [0.5, 0.6) is 0 Å². The van der Waals surface area contributed by atoms with E-state index in [2.05, 4.69) is 0 Å². The van der Waals surface area contributed by atoms with Gasteiger partial charge in [-0.25, -0.2) is 8.42 Å². The minimum Gasteiger partial charge on any atom is -0.330 e. The van der Waals surface area contributed by atoms with E-state index >= 15 is 0 Å². The highest BCUT2D eigenvalue weighted by molar-refractivity contribution is 7.91. The molecule has 1 saturated carbocycles. The van der Waals surface area contributed by atoms with Gasteiger partial charge in [-0.3, -0.25) is 0 Å². The number of hydrogen-bond donors (Lipinski definition) is 1. The first-order valence-electron chi connectivity index (χ1n) is 5.53. The molecule has 0 radical (unpaired) electrons. The van der Waals surface area contributed by atoms with Crippen LogP contribution in [0.3, 0.4) is 0 Å². The van der Waals surface area contributed by atoms with Gasteiger partial charge in [-0.05, 0) is 30.7 Å². The molecule has 0 bridgehead atoms. The summed E-state index contributed by atoms with van der Waals surface area (Å²) in [4.78, 5) is 0. The van der Waals surface area contributed by atoms with Crippen molar-refractivity contribution in [2.75, 3.05) is 18.1 Å². The third-order valence-electron chi connectivity index (χ3n) is 3.90. The first-order chi connectivity index (χ1) is 6.62. The summed E-state index contributed by atoms with van der Waals surface area (Å²) >= 11 is 0. The Hall–Kier alpha value is -0.0900. The minimum atomic E-state index is -2.72. The van der Waals surface area contributed by atoms with Gasteiger partial charge in [-0.1, -0.05) is 19.3 Å². The number of sulfone groups is 1. The predicted octanol–water partition coefficient (Wildman–Crippen LogP) is 0.796. The zero-order valence-electron chi connectivity index (χ0n) is 8.48. The Morgan fingerprint density at radius 2 is 1.93 bits per heavy atom. The van der Waals surface area contributed by atoms with E-state index in [1.54, 1.807) is 0 Å². The summed E-state index contributed by atoms with van der Waals surface area (Å²) in [7, 11) is -2.72. The Labute approximate surface area is 86.0 Å². The zero-order chi connectivity index (χ0) is 10.2. The van der Waals surface area contributed by atoms with E-state index in [4.69, 9.17) is 5.73 Å². The molecule has 2 fully saturated rings. The molecular weight excluding hydrogens is 198 g/mol. The van der Waals surface area contributed by atoms with Crippen molar-refractivity contribution in [2.24, 2.45) is 23.5 Å². The summed E-state index contributed by atoms with van der Waals surface area (Å²) in [6.07, 6.45) is 4.68. The fraction of sp³-hybridized carbons (Fsp3) is 1.00. The maximum atomic E-state index is 11.3. The van der Waals surface area contributed by atoms with Gasteiger partial charge in [0, 0.05) is 0 Å². The van der Waals surface area contributed by atoms with Gasteiger partial charge in [0.05, 0.1) is 11.5 Å². The van der Waals surface area contributed by atoms with Crippen LogP contribution in [0.15, 0.2) is 0 Å². The van der Waals surface area contributed by atoms with Gasteiger partial charge in [-0.15, -0.1) is 0 Å². The minimum absolute atomic E-state index is 0.357. The number of hydrogen-bond acceptors (Lipinski definition) is 3. The van der Waals surface area contributed by atoms with Crippen LogP contribution in [-0.4, -0.2) is 26.5 Å². The SMILES string of the molecule is NCC(C1CCC1)C1CCS(=O)(=O)C1. The van der Waals surface area contributed by atoms with Crippen LogP contribution in [0.25, 0.3) is 0 Å². The van der Waals surface area contributed by atoms with Crippen molar-refractivity contribution >= 4 is 9.84 Å².